The Balaban J connectivity index is 2.32. The van der Waals surface area contributed by atoms with Gasteiger partial charge in [-0.1, -0.05) is 60.7 Å². The zero-order valence-electron chi connectivity index (χ0n) is 10.4. The summed E-state index contributed by atoms with van der Waals surface area (Å²) in [5, 5.41) is 2.89. The first-order valence-electron chi connectivity index (χ1n) is 5.80. The molecule has 2 heteroatoms. The lowest BCUT2D eigenvalue weighted by Crippen LogP contribution is -2.22. The summed E-state index contributed by atoms with van der Waals surface area (Å²) in [6, 6.07) is 21.6. The molecule has 0 amide bonds. The molecule has 0 aromatic heterocycles. The van der Waals surface area contributed by atoms with Crippen LogP contribution >= 0.6 is 7.92 Å². The lowest BCUT2D eigenvalue weighted by molar-refractivity contribution is 0.483. The van der Waals surface area contributed by atoms with Crippen molar-refractivity contribution in [1.29, 1.82) is 0 Å². The first-order valence-corrected chi connectivity index (χ1v) is 7.32. The van der Waals surface area contributed by atoms with E-state index in [1.54, 1.807) is 0 Å². The molecule has 2 rings (SSSR count). The topological polar surface area (TPSA) is 3.24 Å². The molecule has 17 heavy (non-hydrogen) atoms. The second-order valence-corrected chi connectivity index (χ2v) is 6.49. The fraction of sp³-hybridized carbons (Fsp3) is 0.200. The fourth-order valence-electron chi connectivity index (χ4n) is 1.81. The van der Waals surface area contributed by atoms with Gasteiger partial charge in [0.25, 0.3) is 0 Å². The Hall–Kier alpha value is -1.17. The first-order chi connectivity index (χ1) is 8.27. The first kappa shape index (κ1) is 12.3. The molecule has 0 N–H and O–H groups in total. The van der Waals surface area contributed by atoms with Gasteiger partial charge >= 0.3 is 0 Å². The van der Waals surface area contributed by atoms with Gasteiger partial charge in [-0.2, -0.15) is 0 Å². The number of nitrogens with zero attached hydrogens (tertiary/aromatic N) is 1. The molecule has 2 aromatic rings. The van der Waals surface area contributed by atoms with Crippen molar-refractivity contribution >= 4 is 18.5 Å². The van der Waals surface area contributed by atoms with Crippen LogP contribution in [0, 0.1) is 0 Å². The summed E-state index contributed by atoms with van der Waals surface area (Å²) in [6.07, 6.45) is 1.10. The Morgan fingerprint density at radius 2 is 1.18 bits per heavy atom. The van der Waals surface area contributed by atoms with Gasteiger partial charge in [-0.25, -0.2) is 0 Å². The molecule has 0 heterocycles. The normalized spacial score (nSPS) is 11.1. The highest BCUT2D eigenvalue weighted by Crippen LogP contribution is 2.33. The predicted octanol–water partition coefficient (Wildman–Crippen LogP) is 2.64. The van der Waals surface area contributed by atoms with E-state index in [2.05, 4.69) is 79.7 Å². The van der Waals surface area contributed by atoms with Crippen LogP contribution < -0.4 is 10.6 Å². The molecular weight excluding hydrogens is 225 g/mol. The van der Waals surface area contributed by atoms with Gasteiger partial charge in [-0.15, -0.1) is 0 Å². The Kier molecular flexibility index (Phi) is 4.30. The quantitative estimate of drug-likeness (QED) is 0.746. The van der Waals surface area contributed by atoms with Crippen LogP contribution in [0.15, 0.2) is 60.7 Å². The number of hydrogen-bond acceptors (Lipinski definition) is 1. The van der Waals surface area contributed by atoms with Gasteiger partial charge in [0.2, 0.25) is 0 Å². The van der Waals surface area contributed by atoms with Crippen LogP contribution in [-0.2, 0) is 0 Å². The van der Waals surface area contributed by atoms with Crippen LogP contribution in [-0.4, -0.2) is 25.3 Å². The molecule has 0 aliphatic carbocycles. The molecule has 0 atom stereocenters. The van der Waals surface area contributed by atoms with Crippen molar-refractivity contribution in [3.63, 3.8) is 0 Å². The molecule has 2 aromatic carbocycles. The molecule has 88 valence electrons. The van der Waals surface area contributed by atoms with Crippen LogP contribution in [0.2, 0.25) is 0 Å². The van der Waals surface area contributed by atoms with Crippen molar-refractivity contribution in [3.8, 4) is 0 Å². The number of benzene rings is 2. The lowest BCUT2D eigenvalue weighted by atomic mass is 10.4. The molecule has 0 saturated carbocycles. The summed E-state index contributed by atoms with van der Waals surface area (Å²) in [6.45, 7) is 0. The van der Waals surface area contributed by atoms with Crippen molar-refractivity contribution in [1.82, 2.24) is 4.90 Å². The van der Waals surface area contributed by atoms with Gasteiger partial charge in [0.15, 0.2) is 0 Å². The van der Waals surface area contributed by atoms with Crippen LogP contribution in [0.4, 0.5) is 0 Å². The Labute approximate surface area is 105 Å². The van der Waals surface area contributed by atoms with Crippen LogP contribution in [0.5, 0.6) is 0 Å². The molecule has 0 saturated heterocycles. The van der Waals surface area contributed by atoms with Crippen molar-refractivity contribution in [2.45, 2.75) is 0 Å². The van der Waals surface area contributed by atoms with Gasteiger partial charge in [0, 0.05) is 6.29 Å². The van der Waals surface area contributed by atoms with E-state index in [0.717, 1.165) is 6.29 Å². The maximum Gasteiger partial charge on any atom is 0.0259 e. The molecule has 0 aliphatic rings. The maximum atomic E-state index is 2.27. The number of hydrogen-bond donors (Lipinski definition) is 0. The van der Waals surface area contributed by atoms with E-state index in [4.69, 9.17) is 0 Å². The van der Waals surface area contributed by atoms with Crippen molar-refractivity contribution in [3.05, 3.63) is 60.7 Å². The third kappa shape index (κ3) is 3.39. The summed E-state index contributed by atoms with van der Waals surface area (Å²) in [5.41, 5.74) is 0. The Bertz CT molecular complexity index is 399. The SMILES string of the molecule is CN(C)CP(c1ccccc1)c1ccccc1. The molecule has 0 spiro atoms. The minimum absolute atomic E-state index is 0.264. The average Bonchev–Trinajstić information content (AvgIpc) is 2.38. The summed E-state index contributed by atoms with van der Waals surface area (Å²) in [5.74, 6) is 0. The van der Waals surface area contributed by atoms with Gasteiger partial charge in [0.1, 0.15) is 0 Å². The number of rotatable bonds is 4. The molecule has 0 bridgehead atoms. The second kappa shape index (κ2) is 5.95. The lowest BCUT2D eigenvalue weighted by Gasteiger charge is -2.22. The predicted molar refractivity (Wildman–Crippen MR) is 77.6 cm³/mol. The van der Waals surface area contributed by atoms with Gasteiger partial charge < -0.3 is 4.90 Å². The monoisotopic (exact) mass is 243 g/mol. The van der Waals surface area contributed by atoms with Crippen LogP contribution in [0.3, 0.4) is 0 Å². The summed E-state index contributed by atoms with van der Waals surface area (Å²) < 4.78 is 0. The minimum atomic E-state index is -0.264. The Morgan fingerprint density at radius 1 is 0.765 bits per heavy atom. The smallest absolute Gasteiger partial charge is 0.0259 e. The van der Waals surface area contributed by atoms with Crippen molar-refractivity contribution in [2.75, 3.05) is 20.4 Å². The largest absolute Gasteiger partial charge is 0.305 e. The van der Waals surface area contributed by atoms with E-state index in [9.17, 15) is 0 Å². The highest BCUT2D eigenvalue weighted by atomic mass is 31.1. The highest BCUT2D eigenvalue weighted by molar-refractivity contribution is 7.72. The minimum Gasteiger partial charge on any atom is -0.305 e. The molecule has 0 fully saturated rings. The van der Waals surface area contributed by atoms with E-state index in [0.29, 0.717) is 0 Å². The van der Waals surface area contributed by atoms with E-state index < -0.39 is 0 Å². The molecule has 0 unspecified atom stereocenters. The molecule has 1 nitrogen and oxygen atoms in total. The van der Waals surface area contributed by atoms with E-state index >= 15 is 0 Å². The van der Waals surface area contributed by atoms with Gasteiger partial charge in [-0.05, 0) is 32.6 Å². The van der Waals surface area contributed by atoms with E-state index in [1.807, 2.05) is 0 Å². The zero-order valence-corrected chi connectivity index (χ0v) is 11.3. The second-order valence-electron chi connectivity index (χ2n) is 4.32. The van der Waals surface area contributed by atoms with Crippen molar-refractivity contribution in [2.24, 2.45) is 0 Å². The maximum absolute atomic E-state index is 2.27. The van der Waals surface area contributed by atoms with Crippen molar-refractivity contribution < 1.29 is 0 Å². The van der Waals surface area contributed by atoms with E-state index in [-0.39, 0.29) is 7.92 Å². The summed E-state index contributed by atoms with van der Waals surface area (Å²) in [4.78, 5) is 2.27. The summed E-state index contributed by atoms with van der Waals surface area (Å²) >= 11 is 0. The molecular formula is C15H18NP. The van der Waals surface area contributed by atoms with Crippen LogP contribution in [0.1, 0.15) is 0 Å². The summed E-state index contributed by atoms with van der Waals surface area (Å²) in [7, 11) is 4.02. The molecule has 0 radical (unpaired) electrons. The standard InChI is InChI=1S/C15H18NP/c1-16(2)13-17(14-9-5-3-6-10-14)15-11-7-4-8-12-15/h3-12H,13H2,1-2H3. The fourth-order valence-corrected chi connectivity index (χ4v) is 4.07. The Morgan fingerprint density at radius 3 is 1.53 bits per heavy atom. The van der Waals surface area contributed by atoms with Gasteiger partial charge in [-0.3, -0.25) is 0 Å². The average molecular weight is 243 g/mol. The van der Waals surface area contributed by atoms with Gasteiger partial charge in [0.05, 0.1) is 0 Å². The third-order valence-electron chi connectivity index (χ3n) is 2.56. The molecule has 0 aliphatic heterocycles. The zero-order chi connectivity index (χ0) is 12.1. The highest BCUT2D eigenvalue weighted by Gasteiger charge is 2.13. The third-order valence-corrected chi connectivity index (χ3v) is 5.25. The van der Waals surface area contributed by atoms with E-state index in [1.165, 1.54) is 10.6 Å². The van der Waals surface area contributed by atoms with Crippen LogP contribution in [0.25, 0.3) is 0 Å².